The van der Waals surface area contributed by atoms with Crippen molar-refractivity contribution in [3.05, 3.63) is 76.3 Å². The maximum atomic E-state index is 2.36. The van der Waals surface area contributed by atoms with Crippen LogP contribution < -0.4 is 0 Å². The molecule has 1 aromatic rings. The van der Waals surface area contributed by atoms with Gasteiger partial charge in [0.2, 0.25) is 0 Å². The van der Waals surface area contributed by atoms with Crippen molar-refractivity contribution in [1.82, 2.24) is 0 Å². The number of fused-ring (bicyclic) bond motifs is 3. The third kappa shape index (κ3) is 1.09. The summed E-state index contributed by atoms with van der Waals surface area (Å²) < 4.78 is 0. The summed E-state index contributed by atoms with van der Waals surface area (Å²) in [6.07, 6.45) is 10.3. The molecule has 0 N–H and O–H groups in total. The maximum Gasteiger partial charge on any atom is 0.140 e. The normalized spacial score (nSPS) is 24.1. The van der Waals surface area contributed by atoms with Crippen molar-refractivity contribution in [2.24, 2.45) is 0 Å². The quantitative estimate of drug-likeness (QED) is 0.585. The Morgan fingerprint density at radius 1 is 1.12 bits per heavy atom. The molecule has 0 aromatic heterocycles. The van der Waals surface area contributed by atoms with Gasteiger partial charge in [-0.15, -0.1) is 0 Å². The summed E-state index contributed by atoms with van der Waals surface area (Å²) in [5.74, 6) is 0.504. The second-order valence-corrected chi connectivity index (χ2v) is 5.02. The van der Waals surface area contributed by atoms with Crippen molar-refractivity contribution in [2.45, 2.75) is 12.3 Å². The van der Waals surface area contributed by atoms with E-state index in [9.17, 15) is 0 Å². The highest BCUT2D eigenvalue weighted by atomic mass is 14.4. The second-order valence-electron chi connectivity index (χ2n) is 5.02. The average molecular weight is 216 g/mol. The molecular weight excluding hydrogens is 203 g/mol. The average Bonchev–Trinajstić information content (AvgIpc) is 2.70. The molecular formula is C16H13B. The molecule has 1 atom stereocenters. The topological polar surface area (TPSA) is 0 Å². The summed E-state index contributed by atoms with van der Waals surface area (Å²) in [6.45, 7) is 0. The first kappa shape index (κ1) is 9.29. The minimum atomic E-state index is 0.504. The first-order valence-corrected chi connectivity index (χ1v) is 6.24. The summed E-state index contributed by atoms with van der Waals surface area (Å²) in [4.78, 5) is 0. The number of rotatable bonds is 0. The van der Waals surface area contributed by atoms with Crippen molar-refractivity contribution in [3.63, 3.8) is 0 Å². The fourth-order valence-electron chi connectivity index (χ4n) is 3.34. The largest absolute Gasteiger partial charge is 0.140 e. The molecule has 80 valence electrons. The summed E-state index contributed by atoms with van der Waals surface area (Å²) in [7, 11) is 2.21. The molecule has 17 heavy (non-hydrogen) atoms. The molecule has 0 spiro atoms. The Hall–Kier alpha value is -1.76. The molecule has 0 bridgehead atoms. The minimum absolute atomic E-state index is 0.504. The zero-order chi connectivity index (χ0) is 11.4. The van der Waals surface area contributed by atoms with Crippen LogP contribution in [0.15, 0.2) is 65.2 Å². The Morgan fingerprint density at radius 3 is 2.94 bits per heavy atom. The molecule has 3 aliphatic carbocycles. The predicted octanol–water partition coefficient (Wildman–Crippen LogP) is 2.95. The van der Waals surface area contributed by atoms with Crippen molar-refractivity contribution >= 4 is 13.4 Å². The zero-order valence-electron chi connectivity index (χ0n) is 9.90. The Labute approximate surface area is 102 Å². The van der Waals surface area contributed by atoms with E-state index < -0.39 is 0 Å². The van der Waals surface area contributed by atoms with Crippen LogP contribution in [0.2, 0.25) is 0 Å². The molecule has 1 unspecified atom stereocenters. The monoisotopic (exact) mass is 216 g/mol. The lowest BCUT2D eigenvalue weighted by atomic mass is 9.75. The van der Waals surface area contributed by atoms with Crippen molar-refractivity contribution < 1.29 is 0 Å². The number of allylic oxidation sites excluding steroid dienone is 8. The molecule has 0 fully saturated rings. The van der Waals surface area contributed by atoms with Crippen molar-refractivity contribution in [3.8, 4) is 0 Å². The van der Waals surface area contributed by atoms with E-state index in [1.165, 1.54) is 22.2 Å². The first-order valence-electron chi connectivity index (χ1n) is 6.24. The Morgan fingerprint density at radius 2 is 2.00 bits per heavy atom. The van der Waals surface area contributed by atoms with Gasteiger partial charge in [-0.05, 0) is 34.3 Å². The maximum absolute atomic E-state index is 2.36. The third-order valence-corrected chi connectivity index (χ3v) is 4.12. The highest BCUT2D eigenvalue weighted by Crippen LogP contribution is 2.51. The molecule has 0 nitrogen and oxygen atoms in total. The van der Waals surface area contributed by atoms with Gasteiger partial charge in [-0.2, -0.15) is 0 Å². The fraction of sp³-hybridized carbons (Fsp3) is 0.125. The Bertz CT molecular complexity index is 641. The van der Waals surface area contributed by atoms with E-state index in [0.29, 0.717) is 5.92 Å². The highest BCUT2D eigenvalue weighted by molar-refractivity contribution is 6.25. The van der Waals surface area contributed by atoms with E-state index in [-0.39, 0.29) is 0 Å². The van der Waals surface area contributed by atoms with E-state index in [2.05, 4.69) is 56.4 Å². The van der Waals surface area contributed by atoms with Crippen LogP contribution in [0.4, 0.5) is 0 Å². The molecule has 1 heteroatoms. The molecule has 0 saturated heterocycles. The minimum Gasteiger partial charge on any atom is -0.0818 e. The van der Waals surface area contributed by atoms with Gasteiger partial charge in [0, 0.05) is 5.92 Å². The molecule has 0 heterocycles. The van der Waals surface area contributed by atoms with Gasteiger partial charge in [-0.25, -0.2) is 0 Å². The summed E-state index contributed by atoms with van der Waals surface area (Å²) in [5, 5.41) is 0. The standard InChI is InChI=1S/C16H13B/c17-15-9-8-13-11-5-2-1-4-10(11)12-6-3-7-14(15)16(12)13/h1-5,7-9,13H,6,17H2. The predicted molar refractivity (Wildman–Crippen MR) is 74.6 cm³/mol. The van der Waals surface area contributed by atoms with Gasteiger partial charge >= 0.3 is 0 Å². The Kier molecular flexibility index (Phi) is 1.71. The van der Waals surface area contributed by atoms with Crippen LogP contribution in [0, 0.1) is 0 Å². The van der Waals surface area contributed by atoms with Gasteiger partial charge in [-0.3, -0.25) is 0 Å². The number of benzene rings is 1. The lowest BCUT2D eigenvalue weighted by Gasteiger charge is -2.23. The van der Waals surface area contributed by atoms with Gasteiger partial charge < -0.3 is 0 Å². The molecule has 1 aromatic carbocycles. The Balaban J connectivity index is 2.06. The summed E-state index contributed by atoms with van der Waals surface area (Å²) >= 11 is 0. The van der Waals surface area contributed by atoms with Gasteiger partial charge in [0.25, 0.3) is 0 Å². The molecule has 3 aliphatic rings. The first-order chi connectivity index (χ1) is 8.36. The van der Waals surface area contributed by atoms with Crippen LogP contribution in [0.3, 0.4) is 0 Å². The highest BCUT2D eigenvalue weighted by Gasteiger charge is 2.33. The molecule has 0 amide bonds. The van der Waals surface area contributed by atoms with Gasteiger partial charge in [0.1, 0.15) is 7.85 Å². The van der Waals surface area contributed by atoms with E-state index in [4.69, 9.17) is 0 Å². The van der Waals surface area contributed by atoms with Crippen LogP contribution >= 0.6 is 0 Å². The fourth-order valence-corrected chi connectivity index (χ4v) is 3.34. The zero-order valence-corrected chi connectivity index (χ0v) is 9.90. The molecule has 4 rings (SSSR count). The van der Waals surface area contributed by atoms with E-state index >= 15 is 0 Å². The molecule has 0 radical (unpaired) electrons. The molecule has 0 saturated carbocycles. The van der Waals surface area contributed by atoms with Crippen LogP contribution in [-0.4, -0.2) is 7.85 Å². The third-order valence-electron chi connectivity index (χ3n) is 4.12. The summed E-state index contributed by atoms with van der Waals surface area (Å²) in [5.41, 5.74) is 8.92. The van der Waals surface area contributed by atoms with Gasteiger partial charge in [-0.1, -0.05) is 54.0 Å². The van der Waals surface area contributed by atoms with Crippen LogP contribution in [0.5, 0.6) is 0 Å². The van der Waals surface area contributed by atoms with Crippen LogP contribution in [-0.2, 0) is 0 Å². The number of hydrogen-bond acceptors (Lipinski definition) is 0. The second kappa shape index (κ2) is 3.13. The van der Waals surface area contributed by atoms with E-state index in [0.717, 1.165) is 6.42 Å². The van der Waals surface area contributed by atoms with Crippen molar-refractivity contribution in [2.75, 3.05) is 0 Å². The van der Waals surface area contributed by atoms with Crippen molar-refractivity contribution in [1.29, 1.82) is 0 Å². The van der Waals surface area contributed by atoms with Gasteiger partial charge in [0.15, 0.2) is 0 Å². The smallest absolute Gasteiger partial charge is 0.0818 e. The van der Waals surface area contributed by atoms with Gasteiger partial charge in [0.05, 0.1) is 0 Å². The lowest BCUT2D eigenvalue weighted by molar-refractivity contribution is 1.02. The van der Waals surface area contributed by atoms with E-state index in [1.54, 1.807) is 11.1 Å². The van der Waals surface area contributed by atoms with Crippen LogP contribution in [0.25, 0.3) is 5.57 Å². The van der Waals surface area contributed by atoms with E-state index in [1.807, 2.05) is 0 Å². The summed E-state index contributed by atoms with van der Waals surface area (Å²) in [6, 6.07) is 8.86. The SMILES string of the molecule is BC1=C2C=CCC3=C2C(C=C1)c1ccccc13. The number of hydrogen-bond donors (Lipinski definition) is 0. The lowest BCUT2D eigenvalue weighted by Crippen LogP contribution is -2.06. The molecule has 0 aliphatic heterocycles. The van der Waals surface area contributed by atoms with Crippen LogP contribution in [0.1, 0.15) is 23.5 Å².